The molecule has 0 bridgehead atoms. The van der Waals surface area contributed by atoms with E-state index in [1.165, 1.54) is 25.0 Å². The molecular formula is C14H19F2NO. The number of halogens is 2. The van der Waals surface area contributed by atoms with Crippen LogP contribution < -0.4 is 10.1 Å². The van der Waals surface area contributed by atoms with Gasteiger partial charge in [0, 0.05) is 24.2 Å². The van der Waals surface area contributed by atoms with E-state index in [2.05, 4.69) is 5.32 Å². The van der Waals surface area contributed by atoms with E-state index in [0.717, 1.165) is 25.3 Å². The third kappa shape index (κ3) is 3.42. The summed E-state index contributed by atoms with van der Waals surface area (Å²) in [6.45, 7) is 0. The van der Waals surface area contributed by atoms with Gasteiger partial charge in [0.05, 0.1) is 0 Å². The lowest BCUT2D eigenvalue weighted by Crippen LogP contribution is -2.40. The van der Waals surface area contributed by atoms with E-state index >= 15 is 0 Å². The molecule has 2 rings (SSSR count). The Hall–Kier alpha value is -1.16. The van der Waals surface area contributed by atoms with E-state index in [1.54, 1.807) is 0 Å². The summed E-state index contributed by atoms with van der Waals surface area (Å²) in [5.41, 5.74) is 0. The van der Waals surface area contributed by atoms with Gasteiger partial charge in [0.2, 0.25) is 0 Å². The Labute approximate surface area is 106 Å². The first-order chi connectivity index (χ1) is 8.69. The fourth-order valence-electron chi connectivity index (χ4n) is 2.52. The third-order valence-electron chi connectivity index (χ3n) is 3.45. The van der Waals surface area contributed by atoms with Gasteiger partial charge in [-0.3, -0.25) is 0 Å². The van der Waals surface area contributed by atoms with Gasteiger partial charge in [-0.25, -0.2) is 8.78 Å². The normalized spacial score (nSPS) is 24.6. The Morgan fingerprint density at radius 1 is 1.06 bits per heavy atom. The SMILES string of the molecule is CNC1CCCCCC1Oc1cc(F)cc(F)c1. The van der Waals surface area contributed by atoms with Gasteiger partial charge in [0.15, 0.2) is 0 Å². The molecule has 2 unspecified atom stereocenters. The average Bonchev–Trinajstić information content (AvgIpc) is 2.52. The van der Waals surface area contributed by atoms with Crippen molar-refractivity contribution in [3.8, 4) is 5.75 Å². The number of rotatable bonds is 3. The Morgan fingerprint density at radius 3 is 2.39 bits per heavy atom. The van der Waals surface area contributed by atoms with Crippen LogP contribution in [0.3, 0.4) is 0 Å². The number of hydrogen-bond donors (Lipinski definition) is 1. The molecule has 18 heavy (non-hydrogen) atoms. The zero-order chi connectivity index (χ0) is 13.0. The van der Waals surface area contributed by atoms with Gasteiger partial charge in [-0.2, -0.15) is 0 Å². The summed E-state index contributed by atoms with van der Waals surface area (Å²) in [6, 6.07) is 3.58. The van der Waals surface area contributed by atoms with Crippen molar-refractivity contribution in [2.24, 2.45) is 0 Å². The summed E-state index contributed by atoms with van der Waals surface area (Å²) in [6.07, 6.45) is 5.40. The number of nitrogens with one attached hydrogen (secondary N) is 1. The van der Waals surface area contributed by atoms with Crippen LogP contribution in [0.15, 0.2) is 18.2 Å². The van der Waals surface area contributed by atoms with Crippen LogP contribution in [0.1, 0.15) is 32.1 Å². The second kappa shape index (κ2) is 6.14. The van der Waals surface area contributed by atoms with Crippen LogP contribution >= 0.6 is 0 Å². The minimum atomic E-state index is -0.598. The van der Waals surface area contributed by atoms with Crippen molar-refractivity contribution in [3.05, 3.63) is 29.8 Å². The number of hydrogen-bond acceptors (Lipinski definition) is 2. The molecule has 1 N–H and O–H groups in total. The molecule has 0 radical (unpaired) electrons. The van der Waals surface area contributed by atoms with Gasteiger partial charge >= 0.3 is 0 Å². The largest absolute Gasteiger partial charge is 0.489 e. The molecule has 0 amide bonds. The summed E-state index contributed by atoms with van der Waals surface area (Å²) in [4.78, 5) is 0. The summed E-state index contributed by atoms with van der Waals surface area (Å²) >= 11 is 0. The smallest absolute Gasteiger partial charge is 0.129 e. The minimum absolute atomic E-state index is 0.0151. The fourth-order valence-corrected chi connectivity index (χ4v) is 2.52. The van der Waals surface area contributed by atoms with Crippen molar-refractivity contribution < 1.29 is 13.5 Å². The summed E-state index contributed by atoms with van der Waals surface area (Å²) in [5.74, 6) is -0.918. The Bertz CT molecular complexity index is 377. The quantitative estimate of drug-likeness (QED) is 0.837. The molecule has 0 aromatic heterocycles. The Kier molecular flexibility index (Phi) is 4.53. The van der Waals surface area contributed by atoms with Gasteiger partial charge in [-0.1, -0.05) is 12.8 Å². The van der Waals surface area contributed by atoms with Crippen molar-refractivity contribution in [2.45, 2.75) is 44.2 Å². The first-order valence-corrected chi connectivity index (χ1v) is 6.49. The van der Waals surface area contributed by atoms with Crippen molar-refractivity contribution in [1.29, 1.82) is 0 Å². The van der Waals surface area contributed by atoms with Crippen LogP contribution in [0.5, 0.6) is 5.75 Å². The maximum atomic E-state index is 13.1. The lowest BCUT2D eigenvalue weighted by molar-refractivity contribution is 0.148. The van der Waals surface area contributed by atoms with Crippen LogP contribution in [-0.4, -0.2) is 19.2 Å². The zero-order valence-electron chi connectivity index (χ0n) is 10.6. The predicted octanol–water partition coefficient (Wildman–Crippen LogP) is 3.26. The maximum Gasteiger partial charge on any atom is 0.129 e. The van der Waals surface area contributed by atoms with E-state index in [9.17, 15) is 8.78 Å². The van der Waals surface area contributed by atoms with Crippen molar-refractivity contribution in [2.75, 3.05) is 7.05 Å². The lowest BCUT2D eigenvalue weighted by Gasteiger charge is -2.25. The van der Waals surface area contributed by atoms with Crippen LogP contribution in [0.25, 0.3) is 0 Å². The molecule has 1 saturated carbocycles. The highest BCUT2D eigenvalue weighted by Crippen LogP contribution is 2.24. The molecule has 1 aliphatic rings. The average molecular weight is 255 g/mol. The van der Waals surface area contributed by atoms with Crippen molar-refractivity contribution in [1.82, 2.24) is 5.32 Å². The standard InChI is InChI=1S/C14H19F2NO/c1-17-13-5-3-2-4-6-14(13)18-12-8-10(15)7-11(16)9-12/h7-9,13-14,17H,2-6H2,1H3. The first-order valence-electron chi connectivity index (χ1n) is 6.49. The minimum Gasteiger partial charge on any atom is -0.489 e. The van der Waals surface area contributed by atoms with E-state index in [-0.39, 0.29) is 17.9 Å². The molecule has 1 aromatic rings. The molecule has 0 saturated heterocycles. The number of ether oxygens (including phenoxy) is 1. The molecule has 2 atom stereocenters. The molecule has 1 aromatic carbocycles. The topological polar surface area (TPSA) is 21.3 Å². The van der Waals surface area contributed by atoms with Crippen LogP contribution in [0.2, 0.25) is 0 Å². The molecule has 4 heteroatoms. The molecule has 0 aliphatic heterocycles. The van der Waals surface area contributed by atoms with Crippen LogP contribution in [0, 0.1) is 11.6 Å². The summed E-state index contributed by atoms with van der Waals surface area (Å²) in [7, 11) is 1.90. The predicted molar refractivity (Wildman–Crippen MR) is 66.7 cm³/mol. The second-order valence-electron chi connectivity index (χ2n) is 4.79. The van der Waals surface area contributed by atoms with Crippen LogP contribution in [0.4, 0.5) is 8.78 Å². The zero-order valence-corrected chi connectivity index (χ0v) is 10.6. The monoisotopic (exact) mass is 255 g/mol. The lowest BCUT2D eigenvalue weighted by atomic mass is 10.1. The van der Waals surface area contributed by atoms with E-state index in [1.807, 2.05) is 7.05 Å². The molecule has 0 heterocycles. The second-order valence-corrected chi connectivity index (χ2v) is 4.79. The molecule has 0 spiro atoms. The summed E-state index contributed by atoms with van der Waals surface area (Å²) < 4.78 is 32.0. The molecule has 1 fully saturated rings. The van der Waals surface area contributed by atoms with Crippen LogP contribution in [-0.2, 0) is 0 Å². The van der Waals surface area contributed by atoms with Crippen molar-refractivity contribution in [3.63, 3.8) is 0 Å². The Morgan fingerprint density at radius 2 is 1.72 bits per heavy atom. The maximum absolute atomic E-state index is 13.1. The van der Waals surface area contributed by atoms with Gasteiger partial charge in [-0.05, 0) is 26.3 Å². The van der Waals surface area contributed by atoms with E-state index in [4.69, 9.17) is 4.74 Å². The summed E-state index contributed by atoms with van der Waals surface area (Å²) in [5, 5.41) is 3.23. The number of likely N-dealkylation sites (N-methyl/N-ethyl adjacent to an activating group) is 1. The molecular weight excluding hydrogens is 236 g/mol. The first kappa shape index (κ1) is 13.3. The fraction of sp³-hybridized carbons (Fsp3) is 0.571. The van der Waals surface area contributed by atoms with Gasteiger partial charge in [0.25, 0.3) is 0 Å². The molecule has 100 valence electrons. The van der Waals surface area contributed by atoms with E-state index in [0.29, 0.717) is 0 Å². The molecule has 1 aliphatic carbocycles. The highest BCUT2D eigenvalue weighted by atomic mass is 19.1. The number of benzene rings is 1. The highest BCUT2D eigenvalue weighted by Gasteiger charge is 2.24. The van der Waals surface area contributed by atoms with Gasteiger partial charge < -0.3 is 10.1 Å². The molecule has 2 nitrogen and oxygen atoms in total. The van der Waals surface area contributed by atoms with Crippen molar-refractivity contribution >= 4 is 0 Å². The third-order valence-corrected chi connectivity index (χ3v) is 3.45. The van der Waals surface area contributed by atoms with E-state index < -0.39 is 11.6 Å². The Balaban J connectivity index is 2.09. The highest BCUT2D eigenvalue weighted by molar-refractivity contribution is 5.24. The van der Waals surface area contributed by atoms with Gasteiger partial charge in [0.1, 0.15) is 23.5 Å². The van der Waals surface area contributed by atoms with Gasteiger partial charge in [-0.15, -0.1) is 0 Å².